The van der Waals surface area contributed by atoms with E-state index < -0.39 is 17.3 Å². The molecule has 0 unspecified atom stereocenters. The summed E-state index contributed by atoms with van der Waals surface area (Å²) in [6.07, 6.45) is 10.4. The van der Waals surface area contributed by atoms with E-state index in [9.17, 15) is 14.7 Å². The van der Waals surface area contributed by atoms with Crippen molar-refractivity contribution in [2.75, 3.05) is 10.2 Å². The number of hydrogen-bond donors (Lipinski definition) is 2. The molecular formula is C37H40N4O6. The van der Waals surface area contributed by atoms with E-state index in [1.807, 2.05) is 58.9 Å². The van der Waals surface area contributed by atoms with E-state index in [1.165, 1.54) is 6.07 Å². The fraction of sp³-hybridized carbons (Fsp3) is 0.405. The third kappa shape index (κ3) is 5.34. The maximum absolute atomic E-state index is 12.4. The first-order valence-electron chi connectivity index (χ1n) is 16.4. The summed E-state index contributed by atoms with van der Waals surface area (Å²) in [7, 11) is 0. The molecule has 244 valence electrons. The van der Waals surface area contributed by atoms with Crippen LogP contribution in [0.15, 0.2) is 51.9 Å². The highest BCUT2D eigenvalue weighted by Crippen LogP contribution is 2.52. The Labute approximate surface area is 273 Å². The number of ether oxygens (including phenoxy) is 2. The number of rotatable bonds is 3. The van der Waals surface area contributed by atoms with Crippen LogP contribution < -0.4 is 25.3 Å². The number of carbonyl (C=O) groups excluding carboxylic acids is 1. The van der Waals surface area contributed by atoms with Crippen LogP contribution in [0.2, 0.25) is 0 Å². The zero-order valence-electron chi connectivity index (χ0n) is 27.6. The topological polar surface area (TPSA) is 127 Å². The monoisotopic (exact) mass is 636 g/mol. The van der Waals surface area contributed by atoms with Gasteiger partial charge in [0.05, 0.1) is 33.9 Å². The highest BCUT2D eigenvalue weighted by Gasteiger charge is 2.40. The number of aliphatic hydroxyl groups excluding tert-OH is 1. The van der Waals surface area contributed by atoms with Crippen molar-refractivity contribution in [1.29, 1.82) is 0 Å². The quantitative estimate of drug-likeness (QED) is 0.228. The Balaban J connectivity index is 0.000000156. The van der Waals surface area contributed by atoms with Gasteiger partial charge in [0.1, 0.15) is 29.0 Å². The Morgan fingerprint density at radius 3 is 2.60 bits per heavy atom. The molecule has 1 fully saturated rings. The number of anilines is 3. The Bertz CT molecular complexity index is 2000. The molecule has 0 radical (unpaired) electrons. The predicted octanol–water partition coefficient (Wildman–Crippen LogP) is 7.03. The van der Waals surface area contributed by atoms with Crippen molar-refractivity contribution in [2.45, 2.75) is 91.1 Å². The molecular weight excluding hydrogens is 596 g/mol. The molecule has 0 bridgehead atoms. The van der Waals surface area contributed by atoms with Crippen molar-refractivity contribution in [3.05, 3.63) is 81.0 Å². The van der Waals surface area contributed by atoms with Gasteiger partial charge in [-0.1, -0.05) is 20.3 Å². The number of hydrogen-bond acceptors (Lipinski definition) is 9. The number of nitrogens with one attached hydrogen (secondary N) is 1. The molecule has 3 aromatic heterocycles. The molecule has 6 heterocycles. The normalized spacial score (nSPS) is 21.9. The van der Waals surface area contributed by atoms with Crippen LogP contribution >= 0.6 is 0 Å². The minimum absolute atomic E-state index is 0.117. The predicted molar refractivity (Wildman–Crippen MR) is 181 cm³/mol. The molecule has 1 amide bonds. The lowest BCUT2D eigenvalue weighted by Crippen LogP contribution is -2.34. The van der Waals surface area contributed by atoms with Crippen molar-refractivity contribution in [3.63, 3.8) is 0 Å². The number of amides is 1. The number of fused-ring (bicyclic) bond motifs is 8. The molecule has 47 heavy (non-hydrogen) atoms. The summed E-state index contributed by atoms with van der Waals surface area (Å²) in [6, 6.07) is 7.45. The molecule has 0 saturated heterocycles. The number of aromatic nitrogens is 2. The van der Waals surface area contributed by atoms with Crippen LogP contribution in [0.25, 0.3) is 17.0 Å². The van der Waals surface area contributed by atoms with Gasteiger partial charge in [-0.05, 0) is 88.4 Å². The van der Waals surface area contributed by atoms with Gasteiger partial charge >= 0.3 is 5.63 Å². The van der Waals surface area contributed by atoms with Gasteiger partial charge in [0.25, 0.3) is 5.91 Å². The smallest absolute Gasteiger partial charge is 0.336 e. The Kier molecular flexibility index (Phi) is 7.58. The summed E-state index contributed by atoms with van der Waals surface area (Å²) in [4.78, 5) is 35.7. The van der Waals surface area contributed by atoms with E-state index in [4.69, 9.17) is 13.9 Å². The van der Waals surface area contributed by atoms with Gasteiger partial charge in [0.2, 0.25) is 0 Å². The van der Waals surface area contributed by atoms with E-state index in [-0.39, 0.29) is 17.9 Å². The minimum Gasteiger partial charge on any atom is -0.489 e. The first kappa shape index (κ1) is 30.9. The van der Waals surface area contributed by atoms with Gasteiger partial charge in [0.15, 0.2) is 11.4 Å². The van der Waals surface area contributed by atoms with Crippen molar-refractivity contribution >= 4 is 40.3 Å². The van der Waals surface area contributed by atoms with Crippen LogP contribution in [0, 0.1) is 12.8 Å². The van der Waals surface area contributed by atoms with Crippen LogP contribution in [0.1, 0.15) is 92.6 Å². The van der Waals surface area contributed by atoms with E-state index >= 15 is 0 Å². The van der Waals surface area contributed by atoms with Gasteiger partial charge in [-0.3, -0.25) is 4.79 Å². The third-order valence-corrected chi connectivity index (χ3v) is 9.40. The molecule has 1 aromatic carbocycles. The maximum Gasteiger partial charge on any atom is 0.336 e. The third-order valence-electron chi connectivity index (χ3n) is 9.40. The second-order valence-corrected chi connectivity index (χ2v) is 13.5. The van der Waals surface area contributed by atoms with Crippen LogP contribution in [0.5, 0.6) is 11.5 Å². The average molecular weight is 637 g/mol. The molecule has 1 saturated carbocycles. The zero-order valence-corrected chi connectivity index (χ0v) is 27.6. The fourth-order valence-corrected chi connectivity index (χ4v) is 6.59. The fourth-order valence-electron chi connectivity index (χ4n) is 6.59. The number of aryl methyl sites for hydroxylation is 2. The van der Waals surface area contributed by atoms with Crippen LogP contribution in [0.4, 0.5) is 17.3 Å². The van der Waals surface area contributed by atoms with E-state index in [0.29, 0.717) is 40.1 Å². The van der Waals surface area contributed by atoms with Crippen molar-refractivity contribution in [3.8, 4) is 11.5 Å². The van der Waals surface area contributed by atoms with Crippen LogP contribution in [-0.2, 0) is 6.42 Å². The summed E-state index contributed by atoms with van der Waals surface area (Å²) < 4.78 is 18.1. The number of pyridine rings is 2. The SMILES string of the molecule is CCCc1cc(=O)oc2c3c(c4c(c12)OC(C)(C)C=C4)O[C@@H](C)[C@H](C)[C@@H]3O.Cc1ccnc2c1NC(=O)c1cccnc1N2C1CC1. The van der Waals surface area contributed by atoms with E-state index in [0.717, 1.165) is 59.3 Å². The summed E-state index contributed by atoms with van der Waals surface area (Å²) in [6.45, 7) is 11.9. The highest BCUT2D eigenvalue weighted by atomic mass is 16.5. The summed E-state index contributed by atoms with van der Waals surface area (Å²) >= 11 is 0. The number of carbonyl (C=O) groups is 1. The lowest BCUT2D eigenvalue weighted by atomic mass is 9.85. The molecule has 10 nitrogen and oxygen atoms in total. The number of aliphatic hydroxyl groups is 1. The van der Waals surface area contributed by atoms with Crippen molar-refractivity contribution in [2.24, 2.45) is 5.92 Å². The van der Waals surface area contributed by atoms with Gasteiger partial charge < -0.3 is 29.2 Å². The van der Waals surface area contributed by atoms with E-state index in [2.05, 4.69) is 27.1 Å². The second kappa shape index (κ2) is 11.5. The zero-order chi connectivity index (χ0) is 33.2. The molecule has 3 atom stereocenters. The van der Waals surface area contributed by atoms with Gasteiger partial charge in [-0.15, -0.1) is 0 Å². The van der Waals surface area contributed by atoms with Crippen molar-refractivity contribution < 1.29 is 23.8 Å². The summed E-state index contributed by atoms with van der Waals surface area (Å²) in [5, 5.41) is 14.8. The summed E-state index contributed by atoms with van der Waals surface area (Å²) in [5.41, 5.74) is 4.14. The number of nitrogens with zero attached hydrogens (tertiary/aromatic N) is 3. The molecule has 3 aliphatic heterocycles. The van der Waals surface area contributed by atoms with Gasteiger partial charge in [-0.25, -0.2) is 14.8 Å². The Morgan fingerprint density at radius 1 is 1.09 bits per heavy atom. The second-order valence-electron chi connectivity index (χ2n) is 13.5. The molecule has 0 spiro atoms. The molecule has 4 aromatic rings. The van der Waals surface area contributed by atoms with Gasteiger partial charge in [-0.2, -0.15) is 0 Å². The number of benzene rings is 1. The standard InChI is InChI=1S/C22H26O5.C15H14N4O/c1-6-7-13-10-15(23)26-21-16(13)20-14(8-9-22(4,5)27-20)19-17(21)18(24)11(2)12(3)25-19;1-9-6-8-17-14-12(9)18-15(20)11-3-2-7-16-13(11)19(14)10-4-5-10/h8-12,18,24H,6-7H2,1-5H3;2-3,6-8,10H,4-5H2,1H3,(H,18,20)/t11-,12-,18-;/m0./s1. The lowest BCUT2D eigenvalue weighted by molar-refractivity contribution is 0.0173. The Morgan fingerprint density at radius 2 is 1.85 bits per heavy atom. The van der Waals surface area contributed by atoms with Crippen molar-refractivity contribution in [1.82, 2.24) is 9.97 Å². The highest BCUT2D eigenvalue weighted by molar-refractivity contribution is 6.12. The van der Waals surface area contributed by atoms with Crippen LogP contribution in [-0.4, -0.2) is 38.7 Å². The first-order chi connectivity index (χ1) is 22.5. The first-order valence-corrected chi connectivity index (χ1v) is 16.4. The maximum atomic E-state index is 12.4. The largest absolute Gasteiger partial charge is 0.489 e. The van der Waals surface area contributed by atoms with Gasteiger partial charge in [0, 0.05) is 30.4 Å². The lowest BCUT2D eigenvalue weighted by Gasteiger charge is -2.37. The minimum atomic E-state index is -0.778. The summed E-state index contributed by atoms with van der Waals surface area (Å²) in [5.74, 6) is 2.50. The molecule has 10 heteroatoms. The van der Waals surface area contributed by atoms with E-state index in [1.54, 1.807) is 18.5 Å². The molecule has 4 aliphatic rings. The van der Waals surface area contributed by atoms with Crippen LogP contribution in [0.3, 0.4) is 0 Å². The Hall–Kier alpha value is -4.70. The average Bonchev–Trinajstić information content (AvgIpc) is 3.87. The molecule has 8 rings (SSSR count). The molecule has 2 N–H and O–H groups in total. The molecule has 1 aliphatic carbocycles.